The lowest BCUT2D eigenvalue weighted by Crippen LogP contribution is -2.25. The molecular weight excluding hydrogens is 170 g/mol. The van der Waals surface area contributed by atoms with Gasteiger partial charge in [-0.15, -0.1) is 0 Å². The third kappa shape index (κ3) is 2.72. The van der Waals surface area contributed by atoms with Crippen LogP contribution in [-0.4, -0.2) is 22.9 Å². The van der Waals surface area contributed by atoms with E-state index in [1.807, 2.05) is 6.92 Å². The van der Waals surface area contributed by atoms with Crippen molar-refractivity contribution in [2.45, 2.75) is 44.6 Å². The molecule has 0 aromatic rings. The van der Waals surface area contributed by atoms with Gasteiger partial charge in [0.05, 0.1) is 0 Å². The van der Waals surface area contributed by atoms with Crippen LogP contribution in [0.1, 0.15) is 39.0 Å². The van der Waals surface area contributed by atoms with Gasteiger partial charge in [0.25, 0.3) is 0 Å². The van der Waals surface area contributed by atoms with Gasteiger partial charge >= 0.3 is 5.97 Å². The normalized spacial score (nSPS) is 20.7. The van der Waals surface area contributed by atoms with E-state index in [1.54, 1.807) is 0 Å². The van der Waals surface area contributed by atoms with Crippen LogP contribution in [0.4, 0.5) is 0 Å². The molecule has 1 rings (SSSR count). The van der Waals surface area contributed by atoms with Crippen LogP contribution in [0, 0.1) is 0 Å². The first kappa shape index (κ1) is 10.0. The van der Waals surface area contributed by atoms with E-state index in [9.17, 15) is 4.79 Å². The van der Waals surface area contributed by atoms with Crippen molar-refractivity contribution in [3.05, 3.63) is 0 Å². The van der Waals surface area contributed by atoms with Gasteiger partial charge in [-0.3, -0.25) is 0 Å². The maximum absolute atomic E-state index is 10.1. The number of oxime groups is 1. The van der Waals surface area contributed by atoms with Crippen molar-refractivity contribution >= 4 is 12.2 Å². The Bertz CT molecular complexity index is 207. The van der Waals surface area contributed by atoms with Crippen LogP contribution in [0.3, 0.4) is 0 Å². The van der Waals surface area contributed by atoms with Crippen LogP contribution in [0.5, 0.6) is 0 Å². The summed E-state index contributed by atoms with van der Waals surface area (Å²) in [5.41, 5.74) is -0.189. The van der Waals surface area contributed by atoms with Crippen molar-refractivity contribution in [1.29, 1.82) is 0 Å². The zero-order chi connectivity index (χ0) is 9.73. The van der Waals surface area contributed by atoms with Crippen molar-refractivity contribution in [1.82, 2.24) is 0 Å². The molecule has 1 aliphatic carbocycles. The van der Waals surface area contributed by atoms with Crippen LogP contribution in [0.25, 0.3) is 0 Å². The molecule has 1 fully saturated rings. The number of carbonyl (C=O) groups is 1. The monoisotopic (exact) mass is 185 g/mol. The molecule has 1 aliphatic rings. The highest BCUT2D eigenvalue weighted by atomic mass is 16.6. The molecule has 1 saturated carbocycles. The van der Waals surface area contributed by atoms with Crippen LogP contribution >= 0.6 is 0 Å². The van der Waals surface area contributed by atoms with E-state index in [1.165, 1.54) is 0 Å². The molecule has 0 heterocycles. The minimum Gasteiger partial charge on any atom is -0.477 e. The molecule has 4 heteroatoms. The predicted molar refractivity (Wildman–Crippen MR) is 48.7 cm³/mol. The zero-order valence-corrected chi connectivity index (χ0v) is 7.82. The molecule has 4 nitrogen and oxygen atoms in total. The second-order valence-corrected chi connectivity index (χ2v) is 3.41. The van der Waals surface area contributed by atoms with Gasteiger partial charge in [-0.25, -0.2) is 4.79 Å². The Morgan fingerprint density at radius 3 is 2.69 bits per heavy atom. The van der Waals surface area contributed by atoms with E-state index in [0.717, 1.165) is 38.3 Å². The number of rotatable bonds is 4. The van der Waals surface area contributed by atoms with Crippen molar-refractivity contribution in [2.75, 3.05) is 0 Å². The molecule has 0 radical (unpaired) electrons. The van der Waals surface area contributed by atoms with Gasteiger partial charge < -0.3 is 9.94 Å². The first-order valence-electron chi connectivity index (χ1n) is 4.63. The number of hydrogen-bond donors (Lipinski definition) is 1. The summed E-state index contributed by atoms with van der Waals surface area (Å²) < 4.78 is 0. The molecule has 0 saturated heterocycles. The Hall–Kier alpha value is -1.06. The maximum atomic E-state index is 10.1. The van der Waals surface area contributed by atoms with E-state index in [0.29, 0.717) is 0 Å². The van der Waals surface area contributed by atoms with Crippen LogP contribution in [0.15, 0.2) is 5.16 Å². The highest BCUT2D eigenvalue weighted by Crippen LogP contribution is 2.35. The quantitative estimate of drug-likeness (QED) is 0.536. The lowest BCUT2D eigenvalue weighted by atomic mass is 9.99. The predicted octanol–water partition coefficient (Wildman–Crippen LogP) is 1.80. The van der Waals surface area contributed by atoms with Crippen LogP contribution in [0.2, 0.25) is 0 Å². The summed E-state index contributed by atoms with van der Waals surface area (Å²) in [7, 11) is 0. The molecular formula is C9H15NO3. The molecule has 1 N–H and O–H groups in total. The Labute approximate surface area is 77.6 Å². The molecule has 0 aromatic heterocycles. The average molecular weight is 185 g/mol. The number of carboxylic acid groups (broad SMARTS) is 1. The third-order valence-electron chi connectivity index (χ3n) is 2.57. The summed E-state index contributed by atoms with van der Waals surface area (Å²) in [6.45, 7) is 2.04. The van der Waals surface area contributed by atoms with Gasteiger partial charge in [-0.1, -0.05) is 12.1 Å². The minimum absolute atomic E-state index is 0.189. The fraction of sp³-hybridized carbons (Fsp3) is 0.778. The molecule has 0 atom stereocenters. The van der Waals surface area contributed by atoms with Crippen molar-refractivity contribution in [3.63, 3.8) is 0 Å². The Kier molecular flexibility index (Phi) is 3.28. The molecule has 74 valence electrons. The lowest BCUT2D eigenvalue weighted by molar-refractivity contribution is -0.129. The molecule has 0 aliphatic heterocycles. The largest absolute Gasteiger partial charge is 0.477 e. The Balaban J connectivity index is 2.44. The van der Waals surface area contributed by atoms with Crippen molar-refractivity contribution < 1.29 is 14.7 Å². The van der Waals surface area contributed by atoms with E-state index in [-0.39, 0.29) is 5.60 Å². The minimum atomic E-state index is -1.07. The second kappa shape index (κ2) is 4.25. The van der Waals surface area contributed by atoms with Gasteiger partial charge in [0.2, 0.25) is 0 Å². The molecule has 13 heavy (non-hydrogen) atoms. The summed E-state index contributed by atoms with van der Waals surface area (Å²) in [6.07, 6.45) is 5.97. The number of aliphatic carboxylic acids is 1. The van der Waals surface area contributed by atoms with E-state index >= 15 is 0 Å². The van der Waals surface area contributed by atoms with Crippen molar-refractivity contribution in [3.8, 4) is 0 Å². The fourth-order valence-electron chi connectivity index (χ4n) is 1.71. The molecule has 0 spiro atoms. The fourth-order valence-corrected chi connectivity index (χ4v) is 1.71. The summed E-state index contributed by atoms with van der Waals surface area (Å²) in [5, 5.41) is 11.8. The summed E-state index contributed by atoms with van der Waals surface area (Å²) in [4.78, 5) is 15.4. The van der Waals surface area contributed by atoms with Gasteiger partial charge in [0.15, 0.2) is 6.21 Å². The van der Waals surface area contributed by atoms with Gasteiger partial charge in [0.1, 0.15) is 5.60 Å². The summed E-state index contributed by atoms with van der Waals surface area (Å²) >= 11 is 0. The number of nitrogens with zero attached hydrogens (tertiary/aromatic N) is 1. The van der Waals surface area contributed by atoms with E-state index in [4.69, 9.17) is 9.94 Å². The Morgan fingerprint density at radius 2 is 2.23 bits per heavy atom. The molecule has 0 bridgehead atoms. The lowest BCUT2D eigenvalue weighted by Gasteiger charge is -2.24. The number of carboxylic acids is 1. The van der Waals surface area contributed by atoms with Gasteiger partial charge in [-0.2, -0.15) is 0 Å². The third-order valence-corrected chi connectivity index (χ3v) is 2.57. The second-order valence-electron chi connectivity index (χ2n) is 3.41. The smallest absolute Gasteiger partial charge is 0.350 e. The van der Waals surface area contributed by atoms with Crippen molar-refractivity contribution in [2.24, 2.45) is 5.16 Å². The first-order valence-corrected chi connectivity index (χ1v) is 4.63. The zero-order valence-electron chi connectivity index (χ0n) is 7.82. The topological polar surface area (TPSA) is 58.9 Å². The summed E-state index contributed by atoms with van der Waals surface area (Å²) in [6, 6.07) is 0. The SMILES string of the molecule is CCC1(O/N=C\C(=O)O)CCCC1. The maximum Gasteiger partial charge on any atom is 0.350 e. The molecule has 0 aromatic carbocycles. The highest BCUT2D eigenvalue weighted by Gasteiger charge is 2.34. The van der Waals surface area contributed by atoms with Gasteiger partial charge in [0, 0.05) is 0 Å². The molecule has 0 unspecified atom stereocenters. The summed E-state index contributed by atoms with van der Waals surface area (Å²) in [5.74, 6) is -1.07. The first-order chi connectivity index (χ1) is 6.18. The van der Waals surface area contributed by atoms with Crippen LogP contribution < -0.4 is 0 Å². The van der Waals surface area contributed by atoms with Gasteiger partial charge in [-0.05, 0) is 32.1 Å². The average Bonchev–Trinajstić information content (AvgIpc) is 2.53. The highest BCUT2D eigenvalue weighted by molar-refractivity contribution is 6.21. The van der Waals surface area contributed by atoms with Crippen LogP contribution in [-0.2, 0) is 9.63 Å². The standard InChI is InChI=1S/C9H15NO3/c1-2-9(5-3-4-6-9)13-10-7-8(11)12/h7H,2-6H2,1H3,(H,11,12)/b10-7-. The Morgan fingerprint density at radius 1 is 1.62 bits per heavy atom. The van der Waals surface area contributed by atoms with E-state index < -0.39 is 5.97 Å². The number of hydrogen-bond acceptors (Lipinski definition) is 3. The molecule has 0 amide bonds. The van der Waals surface area contributed by atoms with E-state index in [2.05, 4.69) is 5.16 Å².